The second kappa shape index (κ2) is 15.6. The third-order valence-electron chi connectivity index (χ3n) is 14.1. The van der Waals surface area contributed by atoms with Crippen LogP contribution in [0.2, 0.25) is 0 Å². The fourth-order valence-corrected chi connectivity index (χ4v) is 39.8. The fraction of sp³-hybridized carbons (Fsp3) is 0.103. The Kier molecular flexibility index (Phi) is 10.0. The normalized spacial score (nSPS) is 17.1. The molecule has 62 heavy (non-hydrogen) atoms. The van der Waals surface area contributed by atoms with Gasteiger partial charge < -0.3 is 0 Å². The van der Waals surface area contributed by atoms with Crippen molar-refractivity contribution in [3.05, 3.63) is 221 Å². The summed E-state index contributed by atoms with van der Waals surface area (Å²) < 4.78 is 0.985. The fourth-order valence-electron chi connectivity index (χ4n) is 11.5. The molecule has 3 aliphatic rings. The van der Waals surface area contributed by atoms with E-state index in [0.29, 0.717) is 0 Å². The number of benzene rings is 8. The zero-order valence-electron chi connectivity index (χ0n) is 35.1. The molecule has 0 saturated carbocycles. The van der Waals surface area contributed by atoms with Crippen molar-refractivity contribution in [1.29, 1.82) is 0 Å². The molecule has 0 spiro atoms. The van der Waals surface area contributed by atoms with Crippen molar-refractivity contribution in [1.82, 2.24) is 0 Å². The first-order chi connectivity index (χ1) is 30.4. The van der Waals surface area contributed by atoms with Gasteiger partial charge in [-0.05, 0) is 0 Å². The third-order valence-corrected chi connectivity index (χ3v) is 36.9. The second-order valence-electron chi connectivity index (χ2n) is 17.3. The maximum absolute atomic E-state index is 9.39. The van der Waals surface area contributed by atoms with Gasteiger partial charge in [-0.3, -0.25) is 0 Å². The molecule has 1 heterocycles. The molecule has 2 atom stereocenters. The Bertz CT molecular complexity index is 2940. The van der Waals surface area contributed by atoms with Crippen LogP contribution in [-0.2, 0) is 16.4 Å². The summed E-state index contributed by atoms with van der Waals surface area (Å²) in [5.41, 5.74) is 20.3. The standard InChI is InChI=1S/2C23H19.C12H9Si.2ClH.Zr/c2*1-2-17-15-20-13-14-21(18-9-5-3-6-10-18)23(22(20)16-17)19-11-7-4-8-12-19;1-3-7-11-9(5-1)10-6-2-4-8-12(10)13-11;;;/h2*3-16H,2H2,1H3;1-7H,13H2;2*1H;/q;;;;;+2/p-2. The summed E-state index contributed by atoms with van der Waals surface area (Å²) in [5.74, 6) is 0. The summed E-state index contributed by atoms with van der Waals surface area (Å²) in [6, 6.07) is 69.1. The van der Waals surface area contributed by atoms with Crippen LogP contribution < -0.4 is 13.6 Å². The van der Waals surface area contributed by atoms with Gasteiger partial charge in [-0.2, -0.15) is 0 Å². The summed E-state index contributed by atoms with van der Waals surface area (Å²) in [4.78, 5) is 0. The quantitative estimate of drug-likeness (QED) is 0.127. The average Bonchev–Trinajstić information content (AvgIpc) is 4.04. The van der Waals surface area contributed by atoms with Crippen LogP contribution in [0.1, 0.15) is 56.2 Å². The SMILES string of the molecule is CCC1=Cc2c(ccc(-c3ccccc3)c2-c2ccccc2)[CH]1[Zr]([Cl])([Cl])([c]1cccc2c1[SiH2]c1ccccc1-2)[CH]1C(CC)=Cc2c1ccc(-c1ccccc1)c2-c1ccccc1. The van der Waals surface area contributed by atoms with Crippen LogP contribution in [0.15, 0.2) is 199 Å². The van der Waals surface area contributed by atoms with E-state index in [2.05, 4.69) is 214 Å². The maximum atomic E-state index is 9.39. The number of allylic oxidation sites excluding steroid dienone is 2. The van der Waals surface area contributed by atoms with Crippen molar-refractivity contribution in [3.63, 3.8) is 0 Å². The molecule has 11 rings (SSSR count). The zero-order valence-corrected chi connectivity index (χ0v) is 40.5. The van der Waals surface area contributed by atoms with Crippen molar-refractivity contribution in [2.45, 2.75) is 33.9 Å². The molecule has 2 unspecified atom stereocenters. The van der Waals surface area contributed by atoms with E-state index >= 15 is 0 Å². The Hall–Kier alpha value is -5.08. The summed E-state index contributed by atoms with van der Waals surface area (Å²) in [7, 11) is 17.9. The predicted molar refractivity (Wildman–Crippen MR) is 268 cm³/mol. The van der Waals surface area contributed by atoms with Crippen LogP contribution in [-0.4, -0.2) is 9.52 Å². The molecule has 2 aliphatic carbocycles. The number of rotatable bonds is 9. The van der Waals surface area contributed by atoms with E-state index in [1.54, 1.807) is 0 Å². The molecule has 0 saturated heterocycles. The molecule has 4 heteroatoms. The van der Waals surface area contributed by atoms with E-state index in [-0.39, 0.29) is 7.25 Å². The van der Waals surface area contributed by atoms with Crippen molar-refractivity contribution >= 4 is 52.3 Å². The van der Waals surface area contributed by atoms with Crippen LogP contribution in [0.3, 0.4) is 0 Å². The molecule has 0 bridgehead atoms. The first-order valence-electron chi connectivity index (χ1n) is 22.1. The van der Waals surface area contributed by atoms with Crippen molar-refractivity contribution < 1.29 is 16.4 Å². The topological polar surface area (TPSA) is 0 Å². The predicted octanol–water partition coefficient (Wildman–Crippen LogP) is 14.2. The molecule has 0 aromatic heterocycles. The Morgan fingerprint density at radius 2 is 0.839 bits per heavy atom. The van der Waals surface area contributed by atoms with Crippen LogP contribution in [0.25, 0.3) is 67.8 Å². The van der Waals surface area contributed by atoms with Gasteiger partial charge in [0.05, 0.1) is 0 Å². The van der Waals surface area contributed by atoms with Gasteiger partial charge in [0, 0.05) is 0 Å². The zero-order chi connectivity index (χ0) is 42.0. The Morgan fingerprint density at radius 3 is 1.31 bits per heavy atom. The summed E-state index contributed by atoms with van der Waals surface area (Å²) in [6.07, 6.45) is 6.72. The molecule has 0 radical (unpaired) electrons. The molecule has 8 aromatic rings. The number of halogens is 2. The van der Waals surface area contributed by atoms with E-state index in [1.807, 2.05) is 0 Å². The van der Waals surface area contributed by atoms with E-state index < -0.39 is 25.9 Å². The van der Waals surface area contributed by atoms with Crippen molar-refractivity contribution in [3.8, 4) is 55.6 Å². The summed E-state index contributed by atoms with van der Waals surface area (Å²) in [5, 5.41) is 2.93. The van der Waals surface area contributed by atoms with E-state index in [1.165, 1.54) is 103 Å². The van der Waals surface area contributed by atoms with Gasteiger partial charge in [0.2, 0.25) is 0 Å². The van der Waals surface area contributed by atoms with Crippen molar-refractivity contribution in [2.24, 2.45) is 0 Å². The molecular formula is C58H47Cl2SiZr. The second-order valence-corrected chi connectivity index (χ2v) is 39.7. The molecule has 0 N–H and O–H groups in total. The molecule has 0 amide bonds. The monoisotopic (exact) mass is 931 g/mol. The average molecular weight is 934 g/mol. The summed E-state index contributed by atoms with van der Waals surface area (Å²) >= 11 is -5.70. The van der Waals surface area contributed by atoms with Crippen LogP contribution in [0.4, 0.5) is 0 Å². The molecule has 0 fully saturated rings. The minimum absolute atomic E-state index is 0.142. The first-order valence-corrected chi connectivity index (χ1v) is 33.9. The van der Waals surface area contributed by atoms with Crippen LogP contribution in [0.5, 0.6) is 0 Å². The third kappa shape index (κ3) is 6.09. The van der Waals surface area contributed by atoms with Gasteiger partial charge in [-0.15, -0.1) is 0 Å². The molecule has 301 valence electrons. The molecule has 8 aromatic carbocycles. The Morgan fingerprint density at radius 1 is 0.419 bits per heavy atom. The van der Waals surface area contributed by atoms with Crippen LogP contribution in [0, 0.1) is 0 Å². The number of hydrogen-bond acceptors (Lipinski definition) is 0. The summed E-state index contributed by atoms with van der Waals surface area (Å²) in [6.45, 7) is 4.63. The first kappa shape index (κ1) is 39.7. The Labute approximate surface area is 376 Å². The van der Waals surface area contributed by atoms with Gasteiger partial charge in [0.15, 0.2) is 0 Å². The molecular weight excluding hydrogens is 887 g/mol. The molecule has 0 nitrogen and oxygen atoms in total. The number of hydrogen-bond donors (Lipinski definition) is 0. The van der Waals surface area contributed by atoms with Gasteiger partial charge >= 0.3 is 380 Å². The van der Waals surface area contributed by atoms with E-state index in [4.69, 9.17) is 0 Å². The van der Waals surface area contributed by atoms with Gasteiger partial charge in [0.1, 0.15) is 0 Å². The molecule has 1 aliphatic heterocycles. The van der Waals surface area contributed by atoms with Gasteiger partial charge in [-0.25, -0.2) is 0 Å². The van der Waals surface area contributed by atoms with E-state index in [9.17, 15) is 17.0 Å². The van der Waals surface area contributed by atoms with Crippen molar-refractivity contribution in [2.75, 3.05) is 0 Å². The van der Waals surface area contributed by atoms with Gasteiger partial charge in [0.25, 0.3) is 0 Å². The minimum atomic E-state index is -5.70. The van der Waals surface area contributed by atoms with Gasteiger partial charge in [-0.1, -0.05) is 0 Å². The van der Waals surface area contributed by atoms with Crippen LogP contribution >= 0.6 is 17.0 Å². The Balaban J connectivity index is 1.23. The van der Waals surface area contributed by atoms with E-state index in [0.717, 1.165) is 12.8 Å². The number of fused-ring (bicyclic) bond motifs is 5.